The Kier molecular flexibility index (Phi) is 3.91. The second kappa shape index (κ2) is 5.60. The first-order valence-corrected chi connectivity index (χ1v) is 7.97. The second-order valence-corrected chi connectivity index (χ2v) is 7.07. The molecule has 1 saturated heterocycles. The Labute approximate surface area is 136 Å². The fraction of sp³-hybridized carbons (Fsp3) is 0.471. The zero-order valence-electron chi connectivity index (χ0n) is 13.3. The minimum absolute atomic E-state index is 0.0867. The topological polar surface area (TPSA) is 39.3 Å². The van der Waals surface area contributed by atoms with Crippen molar-refractivity contribution in [3.05, 3.63) is 35.0 Å². The summed E-state index contributed by atoms with van der Waals surface area (Å²) in [5.41, 5.74) is 2.11. The number of amides is 1. The lowest BCUT2D eigenvalue weighted by molar-refractivity contribution is -0.129. The van der Waals surface area contributed by atoms with E-state index in [1.165, 1.54) is 0 Å². The second-order valence-electron chi connectivity index (χ2n) is 6.64. The SMILES string of the molecule is CN(C)C1(C)CCN(C(=O)Cc2c[nH]c3cc(Cl)ccc23)C1. The Bertz CT molecular complexity index is 709. The van der Waals surface area contributed by atoms with Gasteiger partial charge in [0, 0.05) is 40.8 Å². The van der Waals surface area contributed by atoms with Crippen molar-refractivity contribution in [2.45, 2.75) is 25.3 Å². The van der Waals surface area contributed by atoms with Crippen molar-refractivity contribution in [3.8, 4) is 0 Å². The third-order valence-electron chi connectivity index (χ3n) is 4.96. The molecule has 1 aliphatic rings. The third kappa shape index (κ3) is 2.73. The first-order chi connectivity index (χ1) is 10.4. The predicted octanol–water partition coefficient (Wildman–Crippen LogP) is 2.92. The molecule has 1 fully saturated rings. The van der Waals surface area contributed by atoms with Crippen LogP contribution in [-0.4, -0.2) is 53.4 Å². The number of fused-ring (bicyclic) bond motifs is 1. The van der Waals surface area contributed by atoms with Crippen molar-refractivity contribution in [1.82, 2.24) is 14.8 Å². The zero-order chi connectivity index (χ0) is 15.9. The van der Waals surface area contributed by atoms with Crippen molar-refractivity contribution < 1.29 is 4.79 Å². The van der Waals surface area contributed by atoms with Gasteiger partial charge in [0.05, 0.1) is 6.42 Å². The van der Waals surface area contributed by atoms with E-state index in [-0.39, 0.29) is 11.4 Å². The summed E-state index contributed by atoms with van der Waals surface area (Å²) in [6.07, 6.45) is 3.38. The summed E-state index contributed by atoms with van der Waals surface area (Å²) in [7, 11) is 4.16. The standard InChI is InChI=1S/C17H22ClN3O/c1-17(20(2)3)6-7-21(11-17)16(22)8-12-10-19-15-9-13(18)4-5-14(12)15/h4-5,9-10,19H,6-8,11H2,1-3H3. The molecule has 3 rings (SSSR count). The Hall–Kier alpha value is -1.52. The molecule has 118 valence electrons. The normalized spacial score (nSPS) is 22.0. The van der Waals surface area contributed by atoms with Gasteiger partial charge in [-0.05, 0) is 45.1 Å². The minimum atomic E-state index is 0.0867. The van der Waals surface area contributed by atoms with Gasteiger partial charge in [0.25, 0.3) is 0 Å². The summed E-state index contributed by atoms with van der Waals surface area (Å²) in [4.78, 5) is 20.0. The molecule has 1 atom stereocenters. The number of benzene rings is 1. The molecule has 22 heavy (non-hydrogen) atoms. The zero-order valence-corrected chi connectivity index (χ0v) is 14.1. The third-order valence-corrected chi connectivity index (χ3v) is 5.19. The summed E-state index contributed by atoms with van der Waals surface area (Å²) >= 11 is 6.00. The van der Waals surface area contributed by atoms with Gasteiger partial charge in [-0.1, -0.05) is 17.7 Å². The number of nitrogens with one attached hydrogen (secondary N) is 1. The number of rotatable bonds is 3. The van der Waals surface area contributed by atoms with E-state index >= 15 is 0 Å². The highest BCUT2D eigenvalue weighted by atomic mass is 35.5. The number of aromatic amines is 1. The van der Waals surface area contributed by atoms with Gasteiger partial charge < -0.3 is 14.8 Å². The molecule has 0 saturated carbocycles. The molecule has 0 radical (unpaired) electrons. The average molecular weight is 320 g/mol. The molecule has 4 nitrogen and oxygen atoms in total. The van der Waals surface area contributed by atoms with E-state index in [2.05, 4.69) is 30.9 Å². The largest absolute Gasteiger partial charge is 0.361 e. The molecule has 0 spiro atoms. The molecule has 1 amide bonds. The van der Waals surface area contributed by atoms with Crippen LogP contribution in [0.15, 0.2) is 24.4 Å². The van der Waals surface area contributed by atoms with Gasteiger partial charge in [-0.15, -0.1) is 0 Å². The number of H-pyrrole nitrogens is 1. The lowest BCUT2D eigenvalue weighted by Crippen LogP contribution is -2.44. The fourth-order valence-corrected chi connectivity index (χ4v) is 3.27. The smallest absolute Gasteiger partial charge is 0.227 e. The molecular formula is C17H22ClN3O. The van der Waals surface area contributed by atoms with Crippen molar-refractivity contribution in [3.63, 3.8) is 0 Å². The van der Waals surface area contributed by atoms with E-state index in [9.17, 15) is 4.79 Å². The lowest BCUT2D eigenvalue weighted by atomic mass is 10.0. The molecule has 0 bridgehead atoms. The Balaban J connectivity index is 1.74. The molecular weight excluding hydrogens is 298 g/mol. The summed E-state index contributed by atoms with van der Waals surface area (Å²) in [5, 5.41) is 1.78. The van der Waals surface area contributed by atoms with Crippen molar-refractivity contribution in [2.75, 3.05) is 27.2 Å². The van der Waals surface area contributed by atoms with E-state index in [0.29, 0.717) is 11.4 Å². The molecule has 2 heterocycles. The average Bonchev–Trinajstić information content (AvgIpc) is 3.04. The minimum Gasteiger partial charge on any atom is -0.361 e. The number of hydrogen-bond acceptors (Lipinski definition) is 2. The molecule has 1 aromatic heterocycles. The van der Waals surface area contributed by atoms with Gasteiger partial charge in [-0.2, -0.15) is 0 Å². The first-order valence-electron chi connectivity index (χ1n) is 7.60. The quantitative estimate of drug-likeness (QED) is 0.945. The number of aromatic nitrogens is 1. The van der Waals surface area contributed by atoms with Gasteiger partial charge in [0.1, 0.15) is 0 Å². The number of halogens is 1. The number of likely N-dealkylation sites (tertiary alicyclic amines) is 1. The maximum atomic E-state index is 12.6. The summed E-state index contributed by atoms with van der Waals surface area (Å²) in [6.45, 7) is 3.85. The molecule has 0 aliphatic carbocycles. The van der Waals surface area contributed by atoms with Gasteiger partial charge in [0.15, 0.2) is 0 Å². The Morgan fingerprint density at radius 3 is 2.91 bits per heavy atom. The monoisotopic (exact) mass is 319 g/mol. The van der Waals surface area contributed by atoms with Crippen molar-refractivity contribution in [2.24, 2.45) is 0 Å². The van der Waals surface area contributed by atoms with E-state index in [0.717, 1.165) is 36.0 Å². The number of carbonyl (C=O) groups is 1. The van der Waals surface area contributed by atoms with Crippen LogP contribution < -0.4 is 0 Å². The van der Waals surface area contributed by atoms with E-state index in [1.54, 1.807) is 0 Å². The number of carbonyl (C=O) groups excluding carboxylic acids is 1. The lowest BCUT2D eigenvalue weighted by Gasteiger charge is -2.32. The van der Waals surface area contributed by atoms with Gasteiger partial charge in [-0.3, -0.25) is 4.79 Å². The maximum absolute atomic E-state index is 12.6. The molecule has 1 unspecified atom stereocenters. The van der Waals surface area contributed by atoms with Gasteiger partial charge in [0.2, 0.25) is 5.91 Å². The van der Waals surface area contributed by atoms with E-state index < -0.39 is 0 Å². The van der Waals surface area contributed by atoms with Crippen LogP contribution in [0.4, 0.5) is 0 Å². The molecule has 1 N–H and O–H groups in total. The van der Waals surface area contributed by atoms with Crippen LogP contribution in [0.3, 0.4) is 0 Å². The highest BCUT2D eigenvalue weighted by Crippen LogP contribution is 2.27. The summed E-state index contributed by atoms with van der Waals surface area (Å²) in [5.74, 6) is 0.196. The van der Waals surface area contributed by atoms with Crippen LogP contribution in [-0.2, 0) is 11.2 Å². The molecule has 2 aromatic rings. The highest BCUT2D eigenvalue weighted by molar-refractivity contribution is 6.31. The molecule has 5 heteroatoms. The van der Waals surface area contributed by atoms with E-state index in [4.69, 9.17) is 11.6 Å². The van der Waals surface area contributed by atoms with Crippen LogP contribution in [0, 0.1) is 0 Å². The van der Waals surface area contributed by atoms with Crippen LogP contribution in [0.5, 0.6) is 0 Å². The van der Waals surface area contributed by atoms with Crippen LogP contribution >= 0.6 is 11.6 Å². The van der Waals surface area contributed by atoms with Gasteiger partial charge >= 0.3 is 0 Å². The Morgan fingerprint density at radius 2 is 2.23 bits per heavy atom. The molecule has 1 aromatic carbocycles. The van der Waals surface area contributed by atoms with Crippen molar-refractivity contribution in [1.29, 1.82) is 0 Å². The summed E-state index contributed by atoms with van der Waals surface area (Å²) < 4.78 is 0. The van der Waals surface area contributed by atoms with Crippen LogP contribution in [0.1, 0.15) is 18.9 Å². The number of hydrogen-bond donors (Lipinski definition) is 1. The van der Waals surface area contributed by atoms with Crippen LogP contribution in [0.2, 0.25) is 5.02 Å². The fourth-order valence-electron chi connectivity index (χ4n) is 3.10. The van der Waals surface area contributed by atoms with E-state index in [1.807, 2.05) is 29.3 Å². The maximum Gasteiger partial charge on any atom is 0.227 e. The predicted molar refractivity (Wildman–Crippen MR) is 90.3 cm³/mol. The first kappa shape index (κ1) is 15.4. The van der Waals surface area contributed by atoms with Crippen molar-refractivity contribution >= 4 is 28.4 Å². The highest BCUT2D eigenvalue weighted by Gasteiger charge is 2.37. The van der Waals surface area contributed by atoms with Crippen LogP contribution in [0.25, 0.3) is 10.9 Å². The number of nitrogens with zero attached hydrogens (tertiary/aromatic N) is 2. The molecule has 1 aliphatic heterocycles. The number of likely N-dealkylation sites (N-methyl/N-ethyl adjacent to an activating group) is 1. The summed E-state index contributed by atoms with van der Waals surface area (Å²) in [6, 6.07) is 5.74. The van der Waals surface area contributed by atoms with Gasteiger partial charge in [-0.25, -0.2) is 0 Å². The Morgan fingerprint density at radius 1 is 1.45 bits per heavy atom.